The highest BCUT2D eigenvalue weighted by molar-refractivity contribution is 4.83. The molecule has 0 aromatic heterocycles. The van der Waals surface area contributed by atoms with Crippen molar-refractivity contribution in [1.82, 2.24) is 4.90 Å². The molecular weight excluding hydrogens is 274 g/mol. The van der Waals surface area contributed by atoms with Crippen molar-refractivity contribution in [2.75, 3.05) is 26.2 Å². The molecule has 2 rings (SSSR count). The van der Waals surface area contributed by atoms with E-state index in [1.807, 2.05) is 0 Å². The smallest absolute Gasteiger partial charge is 0.161 e. The monoisotopic (exact) mass is 311 g/mol. The summed E-state index contributed by atoms with van der Waals surface area (Å²) >= 11 is 0. The minimum Gasteiger partial charge on any atom is -0.350 e. The Morgan fingerprint density at radius 1 is 1.05 bits per heavy atom. The summed E-state index contributed by atoms with van der Waals surface area (Å²) in [6.45, 7) is 15.7. The fourth-order valence-electron chi connectivity index (χ4n) is 4.05. The highest BCUT2D eigenvalue weighted by Gasteiger charge is 2.37. The molecule has 1 aliphatic heterocycles. The van der Waals surface area contributed by atoms with E-state index in [2.05, 4.69) is 39.5 Å². The molecule has 2 aliphatic rings. The predicted octanol–water partition coefficient (Wildman–Crippen LogP) is 4.31. The lowest BCUT2D eigenvalue weighted by Gasteiger charge is -2.38. The van der Waals surface area contributed by atoms with Crippen LogP contribution in [0.25, 0.3) is 0 Å². The highest BCUT2D eigenvalue weighted by atomic mass is 16.7. The van der Waals surface area contributed by atoms with Crippen LogP contribution in [0, 0.1) is 17.3 Å². The molecule has 1 heterocycles. The Labute approximate surface area is 137 Å². The summed E-state index contributed by atoms with van der Waals surface area (Å²) in [5.74, 6) is 1.48. The largest absolute Gasteiger partial charge is 0.350 e. The van der Waals surface area contributed by atoms with Crippen molar-refractivity contribution in [3.63, 3.8) is 0 Å². The summed E-state index contributed by atoms with van der Waals surface area (Å²) in [7, 11) is 0. The molecule has 2 atom stereocenters. The molecule has 1 saturated heterocycles. The average Bonchev–Trinajstić information content (AvgIpc) is 2.94. The van der Waals surface area contributed by atoms with Gasteiger partial charge in [0.05, 0.1) is 12.7 Å². The van der Waals surface area contributed by atoms with Crippen LogP contribution in [0.4, 0.5) is 0 Å². The Balaban J connectivity index is 1.75. The van der Waals surface area contributed by atoms with Crippen LogP contribution in [-0.2, 0) is 9.47 Å². The topological polar surface area (TPSA) is 21.7 Å². The molecule has 0 spiro atoms. The molecule has 0 bridgehead atoms. The third-order valence-electron chi connectivity index (χ3n) is 5.60. The Hall–Kier alpha value is -0.120. The van der Waals surface area contributed by atoms with Crippen molar-refractivity contribution in [3.05, 3.63) is 0 Å². The third-order valence-corrected chi connectivity index (χ3v) is 5.60. The van der Waals surface area contributed by atoms with Crippen molar-refractivity contribution < 1.29 is 9.47 Å². The van der Waals surface area contributed by atoms with E-state index in [0.29, 0.717) is 11.3 Å². The van der Waals surface area contributed by atoms with E-state index >= 15 is 0 Å². The minimum atomic E-state index is 0.0613. The summed E-state index contributed by atoms with van der Waals surface area (Å²) in [6.07, 6.45) is 6.75. The van der Waals surface area contributed by atoms with Gasteiger partial charge in [0.2, 0.25) is 0 Å². The van der Waals surface area contributed by atoms with Gasteiger partial charge in [-0.25, -0.2) is 0 Å². The summed E-state index contributed by atoms with van der Waals surface area (Å²) in [5, 5.41) is 0. The van der Waals surface area contributed by atoms with Gasteiger partial charge in [-0.15, -0.1) is 0 Å². The van der Waals surface area contributed by atoms with Gasteiger partial charge in [-0.1, -0.05) is 34.6 Å². The maximum Gasteiger partial charge on any atom is 0.161 e. The normalized spacial score (nSPS) is 33.5. The van der Waals surface area contributed by atoms with Crippen LogP contribution in [0.15, 0.2) is 0 Å². The van der Waals surface area contributed by atoms with Gasteiger partial charge in [0, 0.05) is 12.5 Å². The van der Waals surface area contributed by atoms with E-state index in [1.165, 1.54) is 32.1 Å². The Morgan fingerprint density at radius 2 is 1.73 bits per heavy atom. The van der Waals surface area contributed by atoms with Crippen LogP contribution in [0.1, 0.15) is 66.7 Å². The number of nitrogens with zero attached hydrogens (tertiary/aromatic N) is 1. The van der Waals surface area contributed by atoms with Crippen molar-refractivity contribution in [2.45, 2.75) is 79.1 Å². The lowest BCUT2D eigenvalue weighted by atomic mass is 9.70. The SMILES string of the molecule is CCCN(CC)CC1COC(C2CCC(C(C)(C)C)CC2)O1. The first-order valence-corrected chi connectivity index (χ1v) is 9.43. The van der Waals surface area contributed by atoms with Crippen LogP contribution < -0.4 is 0 Å². The van der Waals surface area contributed by atoms with Gasteiger partial charge in [0.1, 0.15) is 0 Å². The first-order chi connectivity index (χ1) is 10.4. The van der Waals surface area contributed by atoms with E-state index in [9.17, 15) is 0 Å². The number of rotatable bonds is 6. The molecule has 0 N–H and O–H groups in total. The van der Waals surface area contributed by atoms with Gasteiger partial charge in [-0.2, -0.15) is 0 Å². The molecule has 3 heteroatoms. The summed E-state index contributed by atoms with van der Waals surface area (Å²) in [6, 6.07) is 0. The second-order valence-corrected chi connectivity index (χ2v) is 8.33. The Bertz CT molecular complexity index is 318. The molecular formula is C19H37NO2. The maximum atomic E-state index is 6.24. The molecule has 0 aromatic carbocycles. The van der Waals surface area contributed by atoms with Gasteiger partial charge in [0.15, 0.2) is 6.29 Å². The maximum absolute atomic E-state index is 6.24. The van der Waals surface area contributed by atoms with Crippen LogP contribution >= 0.6 is 0 Å². The quantitative estimate of drug-likeness (QED) is 0.729. The molecule has 2 unspecified atom stereocenters. The molecule has 0 radical (unpaired) electrons. The second-order valence-electron chi connectivity index (χ2n) is 8.33. The van der Waals surface area contributed by atoms with Gasteiger partial charge in [-0.3, -0.25) is 0 Å². The standard InChI is InChI=1S/C19H37NO2/c1-6-12-20(7-2)13-17-14-21-18(22-17)15-8-10-16(11-9-15)19(3,4)5/h15-18H,6-14H2,1-5H3. The number of hydrogen-bond donors (Lipinski definition) is 0. The van der Waals surface area contributed by atoms with E-state index in [0.717, 1.165) is 32.2 Å². The fourth-order valence-corrected chi connectivity index (χ4v) is 4.05. The number of likely N-dealkylation sites (N-methyl/N-ethyl adjacent to an activating group) is 1. The van der Waals surface area contributed by atoms with Gasteiger partial charge >= 0.3 is 0 Å². The predicted molar refractivity (Wildman–Crippen MR) is 91.9 cm³/mol. The molecule has 3 nitrogen and oxygen atoms in total. The van der Waals surface area contributed by atoms with E-state index in [1.54, 1.807) is 0 Å². The van der Waals surface area contributed by atoms with Crippen LogP contribution in [0.2, 0.25) is 0 Å². The van der Waals surface area contributed by atoms with E-state index in [4.69, 9.17) is 9.47 Å². The molecule has 1 aliphatic carbocycles. The average molecular weight is 312 g/mol. The Morgan fingerprint density at radius 3 is 2.27 bits per heavy atom. The summed E-state index contributed by atoms with van der Waals surface area (Å²) in [4.78, 5) is 2.48. The minimum absolute atomic E-state index is 0.0613. The summed E-state index contributed by atoms with van der Waals surface area (Å²) in [5.41, 5.74) is 0.451. The van der Waals surface area contributed by atoms with E-state index < -0.39 is 0 Å². The third kappa shape index (κ3) is 4.94. The van der Waals surface area contributed by atoms with Crippen molar-refractivity contribution >= 4 is 0 Å². The zero-order valence-electron chi connectivity index (χ0n) is 15.4. The fraction of sp³-hybridized carbons (Fsp3) is 1.00. The first kappa shape index (κ1) is 18.2. The van der Waals surface area contributed by atoms with Crippen LogP contribution in [0.5, 0.6) is 0 Å². The Kier molecular flexibility index (Phi) is 6.73. The van der Waals surface area contributed by atoms with Gasteiger partial charge in [0.25, 0.3) is 0 Å². The van der Waals surface area contributed by atoms with Gasteiger partial charge < -0.3 is 14.4 Å². The number of hydrogen-bond acceptors (Lipinski definition) is 3. The van der Waals surface area contributed by atoms with Crippen molar-refractivity contribution in [1.29, 1.82) is 0 Å². The zero-order chi connectivity index (χ0) is 16.2. The number of ether oxygens (including phenoxy) is 2. The molecule has 1 saturated carbocycles. The molecule has 0 aromatic rings. The van der Waals surface area contributed by atoms with Crippen LogP contribution in [0.3, 0.4) is 0 Å². The van der Waals surface area contributed by atoms with Crippen molar-refractivity contribution in [2.24, 2.45) is 17.3 Å². The lowest BCUT2D eigenvalue weighted by Crippen LogP contribution is -2.35. The molecule has 2 fully saturated rings. The lowest BCUT2D eigenvalue weighted by molar-refractivity contribution is -0.112. The van der Waals surface area contributed by atoms with Crippen LogP contribution in [-0.4, -0.2) is 43.5 Å². The van der Waals surface area contributed by atoms with Gasteiger partial charge in [-0.05, 0) is 56.5 Å². The zero-order valence-corrected chi connectivity index (χ0v) is 15.4. The van der Waals surface area contributed by atoms with Crippen molar-refractivity contribution in [3.8, 4) is 0 Å². The van der Waals surface area contributed by atoms with E-state index in [-0.39, 0.29) is 12.4 Å². The highest BCUT2D eigenvalue weighted by Crippen LogP contribution is 2.42. The molecule has 22 heavy (non-hydrogen) atoms. The first-order valence-electron chi connectivity index (χ1n) is 9.43. The second kappa shape index (κ2) is 8.12. The molecule has 0 amide bonds. The summed E-state index contributed by atoms with van der Waals surface area (Å²) < 4.78 is 12.2. The molecule has 130 valence electrons.